The Bertz CT molecular complexity index is 868. The van der Waals surface area contributed by atoms with Crippen molar-refractivity contribution in [2.75, 3.05) is 17.7 Å². The fraction of sp³-hybridized carbons (Fsp3) is 0.150. The van der Waals surface area contributed by atoms with E-state index in [0.717, 1.165) is 38.1 Å². The standard InChI is InChI=1S/C20H20N2O2S/c1-13-12-19(14(2)25-13)20(23)22-17-6-4-15(5-7-17)21-16-8-10-18(24-3)11-9-16/h4-12,21H,1-3H3,(H,22,23). The Morgan fingerprint density at radius 3 is 2.00 bits per heavy atom. The normalized spacial score (nSPS) is 10.4. The first kappa shape index (κ1) is 17.0. The summed E-state index contributed by atoms with van der Waals surface area (Å²) in [5.41, 5.74) is 3.43. The number of nitrogens with one attached hydrogen (secondary N) is 2. The molecule has 0 radical (unpaired) electrons. The fourth-order valence-electron chi connectivity index (χ4n) is 2.53. The molecule has 0 bridgehead atoms. The van der Waals surface area contributed by atoms with Crippen LogP contribution in [0.1, 0.15) is 20.1 Å². The minimum atomic E-state index is -0.0716. The van der Waals surface area contributed by atoms with Gasteiger partial charge in [0.15, 0.2) is 0 Å². The van der Waals surface area contributed by atoms with Crippen molar-refractivity contribution in [1.82, 2.24) is 0 Å². The van der Waals surface area contributed by atoms with Gasteiger partial charge in [-0.15, -0.1) is 11.3 Å². The molecule has 0 spiro atoms. The summed E-state index contributed by atoms with van der Waals surface area (Å²) in [6.45, 7) is 3.97. The van der Waals surface area contributed by atoms with E-state index in [9.17, 15) is 4.79 Å². The molecule has 0 saturated carbocycles. The largest absolute Gasteiger partial charge is 0.497 e. The Morgan fingerprint density at radius 2 is 1.48 bits per heavy atom. The number of methoxy groups -OCH3 is 1. The maximum atomic E-state index is 12.4. The number of ether oxygens (including phenoxy) is 1. The lowest BCUT2D eigenvalue weighted by Gasteiger charge is -2.09. The molecule has 1 heterocycles. The van der Waals surface area contributed by atoms with Crippen molar-refractivity contribution in [1.29, 1.82) is 0 Å². The maximum absolute atomic E-state index is 12.4. The summed E-state index contributed by atoms with van der Waals surface area (Å²) in [5, 5.41) is 6.26. The van der Waals surface area contributed by atoms with Gasteiger partial charge in [-0.2, -0.15) is 0 Å². The van der Waals surface area contributed by atoms with Gasteiger partial charge in [-0.1, -0.05) is 0 Å². The third-order valence-corrected chi connectivity index (χ3v) is 4.77. The first-order valence-electron chi connectivity index (χ1n) is 7.94. The fourth-order valence-corrected chi connectivity index (χ4v) is 3.45. The highest BCUT2D eigenvalue weighted by Crippen LogP contribution is 2.24. The quantitative estimate of drug-likeness (QED) is 0.649. The van der Waals surface area contributed by atoms with E-state index in [1.165, 1.54) is 0 Å². The van der Waals surface area contributed by atoms with E-state index in [-0.39, 0.29) is 5.91 Å². The summed E-state index contributed by atoms with van der Waals surface area (Å²) in [4.78, 5) is 14.5. The number of carbonyl (C=O) groups excluding carboxylic acids is 1. The molecule has 0 fully saturated rings. The molecule has 5 heteroatoms. The lowest BCUT2D eigenvalue weighted by molar-refractivity contribution is 0.102. The molecule has 128 valence electrons. The van der Waals surface area contributed by atoms with Gasteiger partial charge in [-0.3, -0.25) is 4.79 Å². The number of hydrogen-bond acceptors (Lipinski definition) is 4. The average Bonchev–Trinajstić information content (AvgIpc) is 2.96. The predicted octanol–water partition coefficient (Wildman–Crippen LogP) is 5.37. The van der Waals surface area contributed by atoms with Crippen LogP contribution in [-0.4, -0.2) is 13.0 Å². The van der Waals surface area contributed by atoms with Crippen LogP contribution >= 0.6 is 11.3 Å². The minimum Gasteiger partial charge on any atom is -0.497 e. The summed E-state index contributed by atoms with van der Waals surface area (Å²) in [7, 11) is 1.65. The van der Waals surface area contributed by atoms with E-state index in [1.54, 1.807) is 18.4 Å². The molecule has 2 aromatic carbocycles. The van der Waals surface area contributed by atoms with Crippen molar-refractivity contribution >= 4 is 34.3 Å². The Labute approximate surface area is 151 Å². The lowest BCUT2D eigenvalue weighted by atomic mass is 10.2. The molecule has 0 saturated heterocycles. The zero-order valence-corrected chi connectivity index (χ0v) is 15.2. The first-order chi connectivity index (χ1) is 12.0. The predicted molar refractivity (Wildman–Crippen MR) is 104 cm³/mol. The molecule has 0 aliphatic rings. The van der Waals surface area contributed by atoms with Crippen molar-refractivity contribution in [3.63, 3.8) is 0 Å². The second kappa shape index (κ2) is 7.40. The first-order valence-corrected chi connectivity index (χ1v) is 8.76. The summed E-state index contributed by atoms with van der Waals surface area (Å²) >= 11 is 1.63. The van der Waals surface area contributed by atoms with Gasteiger partial charge >= 0.3 is 0 Å². The van der Waals surface area contributed by atoms with Crippen LogP contribution in [0.3, 0.4) is 0 Å². The van der Waals surface area contributed by atoms with Gasteiger partial charge in [-0.25, -0.2) is 0 Å². The number of thiophene rings is 1. The molecule has 25 heavy (non-hydrogen) atoms. The van der Waals surface area contributed by atoms with Crippen LogP contribution in [0.4, 0.5) is 17.1 Å². The molecule has 1 amide bonds. The van der Waals surface area contributed by atoms with Crippen LogP contribution < -0.4 is 15.4 Å². The van der Waals surface area contributed by atoms with Crippen molar-refractivity contribution < 1.29 is 9.53 Å². The maximum Gasteiger partial charge on any atom is 0.256 e. The zero-order chi connectivity index (χ0) is 17.8. The Hall–Kier alpha value is -2.79. The van der Waals surface area contributed by atoms with Gasteiger partial charge in [-0.05, 0) is 68.4 Å². The third-order valence-electron chi connectivity index (χ3n) is 3.81. The summed E-state index contributed by atoms with van der Waals surface area (Å²) in [6, 6.07) is 17.3. The molecule has 0 aliphatic heterocycles. The lowest BCUT2D eigenvalue weighted by Crippen LogP contribution is -2.11. The summed E-state index contributed by atoms with van der Waals surface area (Å²) in [6.07, 6.45) is 0. The van der Waals surface area contributed by atoms with Crippen LogP contribution in [-0.2, 0) is 0 Å². The van der Waals surface area contributed by atoms with Crippen LogP contribution in [0.15, 0.2) is 54.6 Å². The van der Waals surface area contributed by atoms with Crippen LogP contribution in [0.2, 0.25) is 0 Å². The highest BCUT2D eigenvalue weighted by atomic mass is 32.1. The van der Waals surface area contributed by atoms with E-state index in [2.05, 4.69) is 10.6 Å². The number of rotatable bonds is 5. The molecule has 1 aromatic heterocycles. The minimum absolute atomic E-state index is 0.0716. The van der Waals surface area contributed by atoms with E-state index in [1.807, 2.05) is 68.4 Å². The number of anilines is 3. The zero-order valence-electron chi connectivity index (χ0n) is 14.4. The Kier molecular flexibility index (Phi) is 5.05. The smallest absolute Gasteiger partial charge is 0.256 e. The van der Waals surface area contributed by atoms with Crippen LogP contribution in [0.25, 0.3) is 0 Å². The highest BCUT2D eigenvalue weighted by molar-refractivity contribution is 7.12. The molecule has 0 unspecified atom stereocenters. The van der Waals surface area contributed by atoms with Crippen LogP contribution in [0.5, 0.6) is 5.75 Å². The number of hydrogen-bond donors (Lipinski definition) is 2. The second-order valence-electron chi connectivity index (χ2n) is 5.71. The van der Waals surface area contributed by atoms with E-state index in [4.69, 9.17) is 4.74 Å². The molecule has 3 rings (SSSR count). The van der Waals surface area contributed by atoms with Gasteiger partial charge in [0, 0.05) is 26.8 Å². The summed E-state index contributed by atoms with van der Waals surface area (Å²) in [5.74, 6) is 0.750. The number of amides is 1. The molecule has 3 aromatic rings. The molecular weight excluding hydrogens is 332 g/mol. The van der Waals surface area contributed by atoms with E-state index < -0.39 is 0 Å². The number of aryl methyl sites for hydroxylation is 2. The molecule has 0 aliphatic carbocycles. The van der Waals surface area contributed by atoms with Crippen LogP contribution in [0, 0.1) is 13.8 Å². The molecule has 0 atom stereocenters. The van der Waals surface area contributed by atoms with Gasteiger partial charge in [0.1, 0.15) is 5.75 Å². The highest BCUT2D eigenvalue weighted by Gasteiger charge is 2.12. The Balaban J connectivity index is 1.65. The van der Waals surface area contributed by atoms with Gasteiger partial charge in [0.05, 0.1) is 12.7 Å². The van der Waals surface area contributed by atoms with Crippen molar-refractivity contribution in [3.05, 3.63) is 69.9 Å². The summed E-state index contributed by atoms with van der Waals surface area (Å²) < 4.78 is 5.15. The van der Waals surface area contributed by atoms with E-state index >= 15 is 0 Å². The van der Waals surface area contributed by atoms with Gasteiger partial charge in [0.2, 0.25) is 0 Å². The third kappa shape index (κ3) is 4.19. The monoisotopic (exact) mass is 352 g/mol. The molecular formula is C20H20N2O2S. The molecule has 2 N–H and O–H groups in total. The second-order valence-corrected chi connectivity index (χ2v) is 7.17. The SMILES string of the molecule is COc1ccc(Nc2ccc(NC(=O)c3cc(C)sc3C)cc2)cc1. The van der Waals surface area contributed by atoms with Gasteiger partial charge in [0.25, 0.3) is 5.91 Å². The molecule has 4 nitrogen and oxygen atoms in total. The van der Waals surface area contributed by atoms with Crippen molar-refractivity contribution in [3.8, 4) is 5.75 Å². The topological polar surface area (TPSA) is 50.4 Å². The van der Waals surface area contributed by atoms with Gasteiger partial charge < -0.3 is 15.4 Å². The van der Waals surface area contributed by atoms with Crippen molar-refractivity contribution in [2.45, 2.75) is 13.8 Å². The van der Waals surface area contributed by atoms with Crippen molar-refractivity contribution in [2.24, 2.45) is 0 Å². The number of carbonyl (C=O) groups is 1. The van der Waals surface area contributed by atoms with E-state index in [0.29, 0.717) is 0 Å². The Morgan fingerprint density at radius 1 is 0.920 bits per heavy atom. The number of benzene rings is 2. The average molecular weight is 352 g/mol.